The number of ether oxygens (including phenoxy) is 1. The number of benzene rings is 2. The summed E-state index contributed by atoms with van der Waals surface area (Å²) in [5, 5.41) is 0. The summed E-state index contributed by atoms with van der Waals surface area (Å²) < 4.78 is 5.43. The van der Waals surface area contributed by atoms with Crippen molar-refractivity contribution in [3.8, 4) is 6.01 Å². The van der Waals surface area contributed by atoms with Gasteiger partial charge in [0, 0.05) is 11.4 Å². The van der Waals surface area contributed by atoms with E-state index in [1.165, 1.54) is 0 Å². The van der Waals surface area contributed by atoms with Crippen molar-refractivity contribution in [2.75, 3.05) is 16.9 Å². The molecule has 3 N–H and O–H groups in total. The SMILES string of the molecule is CCOc1nc(NN)nc(N(c2ccccc2)c2ccccc2)n1. The highest BCUT2D eigenvalue weighted by atomic mass is 16.5. The molecule has 1 heterocycles. The van der Waals surface area contributed by atoms with E-state index in [-0.39, 0.29) is 12.0 Å². The van der Waals surface area contributed by atoms with Crippen LogP contribution in [0.5, 0.6) is 6.01 Å². The van der Waals surface area contributed by atoms with Crippen LogP contribution in [0.1, 0.15) is 6.92 Å². The third-order valence-corrected chi connectivity index (χ3v) is 3.23. The highest BCUT2D eigenvalue weighted by Gasteiger charge is 2.17. The molecule has 7 heteroatoms. The molecule has 0 aliphatic heterocycles. The molecule has 0 bridgehead atoms. The Morgan fingerprint density at radius 1 is 0.917 bits per heavy atom. The molecule has 0 atom stereocenters. The van der Waals surface area contributed by atoms with Crippen LogP contribution in [0.3, 0.4) is 0 Å². The van der Waals surface area contributed by atoms with Gasteiger partial charge in [-0.3, -0.25) is 10.3 Å². The number of rotatable bonds is 6. The van der Waals surface area contributed by atoms with E-state index in [4.69, 9.17) is 10.6 Å². The van der Waals surface area contributed by atoms with E-state index in [1.54, 1.807) is 0 Å². The highest BCUT2D eigenvalue weighted by molar-refractivity contribution is 5.72. The van der Waals surface area contributed by atoms with E-state index in [0.717, 1.165) is 11.4 Å². The summed E-state index contributed by atoms with van der Waals surface area (Å²) in [5.74, 6) is 6.14. The van der Waals surface area contributed by atoms with Crippen molar-refractivity contribution in [1.82, 2.24) is 15.0 Å². The molecule has 7 nitrogen and oxygen atoms in total. The first kappa shape index (κ1) is 15.7. The molecule has 0 unspecified atom stereocenters. The molecule has 1 aromatic heterocycles. The molecule has 0 fully saturated rings. The number of aromatic nitrogens is 3. The van der Waals surface area contributed by atoms with Crippen molar-refractivity contribution in [2.24, 2.45) is 5.84 Å². The highest BCUT2D eigenvalue weighted by Crippen LogP contribution is 2.32. The normalized spacial score (nSPS) is 10.2. The number of nitrogens with zero attached hydrogens (tertiary/aromatic N) is 4. The number of para-hydroxylation sites is 2. The summed E-state index contributed by atoms with van der Waals surface area (Å²) in [7, 11) is 0. The average Bonchev–Trinajstić information content (AvgIpc) is 2.64. The zero-order valence-corrected chi connectivity index (χ0v) is 13.3. The van der Waals surface area contributed by atoms with Crippen LogP contribution in [-0.4, -0.2) is 21.6 Å². The lowest BCUT2D eigenvalue weighted by molar-refractivity contribution is 0.312. The zero-order chi connectivity index (χ0) is 16.8. The maximum Gasteiger partial charge on any atom is 0.323 e. The minimum absolute atomic E-state index is 0.215. The Balaban J connectivity index is 2.14. The lowest BCUT2D eigenvalue weighted by Crippen LogP contribution is -2.18. The summed E-state index contributed by atoms with van der Waals surface area (Å²) >= 11 is 0. The minimum Gasteiger partial charge on any atom is -0.464 e. The molecule has 0 aliphatic carbocycles. The van der Waals surface area contributed by atoms with Gasteiger partial charge in [-0.2, -0.15) is 15.0 Å². The molecule has 0 saturated carbocycles. The first-order valence-electron chi connectivity index (χ1n) is 7.57. The molecule has 0 spiro atoms. The van der Waals surface area contributed by atoms with Gasteiger partial charge in [-0.15, -0.1) is 0 Å². The molecule has 2 aromatic carbocycles. The lowest BCUT2D eigenvalue weighted by Gasteiger charge is -2.23. The quantitative estimate of drug-likeness (QED) is 0.532. The first-order chi connectivity index (χ1) is 11.8. The smallest absolute Gasteiger partial charge is 0.323 e. The Morgan fingerprint density at radius 3 is 2.00 bits per heavy atom. The van der Waals surface area contributed by atoms with Crippen LogP contribution >= 0.6 is 0 Å². The molecule has 3 rings (SSSR count). The van der Waals surface area contributed by atoms with E-state index in [0.29, 0.717) is 12.6 Å². The van der Waals surface area contributed by atoms with Crippen molar-refractivity contribution < 1.29 is 4.74 Å². The Kier molecular flexibility index (Phi) is 4.83. The predicted molar refractivity (Wildman–Crippen MR) is 93.5 cm³/mol. The molecule has 0 aliphatic rings. The number of hydrazine groups is 1. The van der Waals surface area contributed by atoms with Crippen LogP contribution in [0, 0.1) is 0 Å². The minimum atomic E-state index is 0.215. The molecule has 0 amide bonds. The van der Waals surface area contributed by atoms with Crippen LogP contribution < -0.4 is 20.9 Å². The summed E-state index contributed by atoms with van der Waals surface area (Å²) in [4.78, 5) is 14.8. The Labute approximate surface area is 140 Å². The number of nitrogens with two attached hydrogens (primary N) is 1. The van der Waals surface area contributed by atoms with Gasteiger partial charge in [0.1, 0.15) is 0 Å². The van der Waals surface area contributed by atoms with Gasteiger partial charge in [-0.05, 0) is 31.2 Å². The Hall–Kier alpha value is -3.19. The van der Waals surface area contributed by atoms with E-state index in [9.17, 15) is 0 Å². The molecular formula is C17H18N6O. The first-order valence-corrected chi connectivity index (χ1v) is 7.57. The maximum atomic E-state index is 5.48. The van der Waals surface area contributed by atoms with Crippen molar-refractivity contribution >= 4 is 23.3 Å². The van der Waals surface area contributed by atoms with Gasteiger partial charge in [-0.25, -0.2) is 5.84 Å². The number of anilines is 4. The molecule has 24 heavy (non-hydrogen) atoms. The summed E-state index contributed by atoms with van der Waals surface area (Å²) in [6.45, 7) is 2.31. The fraction of sp³-hybridized carbons (Fsp3) is 0.118. The lowest BCUT2D eigenvalue weighted by atomic mass is 10.2. The van der Waals surface area contributed by atoms with Gasteiger partial charge in [0.15, 0.2) is 0 Å². The number of nitrogens with one attached hydrogen (secondary N) is 1. The topological polar surface area (TPSA) is 89.2 Å². The fourth-order valence-electron chi connectivity index (χ4n) is 2.24. The van der Waals surface area contributed by atoms with Crippen molar-refractivity contribution in [3.63, 3.8) is 0 Å². The second-order valence-electron chi connectivity index (χ2n) is 4.83. The number of hydrogen-bond acceptors (Lipinski definition) is 7. The summed E-state index contributed by atoms with van der Waals surface area (Å²) in [6.07, 6.45) is 0. The van der Waals surface area contributed by atoms with Gasteiger partial charge in [-0.1, -0.05) is 36.4 Å². The zero-order valence-electron chi connectivity index (χ0n) is 13.3. The van der Waals surface area contributed by atoms with Crippen LogP contribution in [0.2, 0.25) is 0 Å². The summed E-state index contributed by atoms with van der Waals surface area (Å²) in [6, 6.07) is 19.9. The molecular weight excluding hydrogens is 304 g/mol. The number of hydrogen-bond donors (Lipinski definition) is 2. The van der Waals surface area contributed by atoms with Crippen LogP contribution in [0.4, 0.5) is 23.3 Å². The van der Waals surface area contributed by atoms with Crippen molar-refractivity contribution in [2.45, 2.75) is 6.92 Å². The van der Waals surface area contributed by atoms with Crippen LogP contribution in [-0.2, 0) is 0 Å². The van der Waals surface area contributed by atoms with E-state index in [2.05, 4.69) is 20.4 Å². The largest absolute Gasteiger partial charge is 0.464 e. The second kappa shape index (κ2) is 7.38. The van der Waals surface area contributed by atoms with E-state index in [1.807, 2.05) is 72.5 Å². The standard InChI is InChI=1S/C17H18N6O/c1-2-24-17-20-15(22-18)19-16(21-17)23(13-9-5-3-6-10-13)14-11-7-4-8-12-14/h3-12H,2,18H2,1H3,(H,19,20,21,22). The van der Waals surface area contributed by atoms with E-state index < -0.39 is 0 Å². The van der Waals surface area contributed by atoms with Crippen molar-refractivity contribution in [1.29, 1.82) is 0 Å². The molecule has 3 aromatic rings. The van der Waals surface area contributed by atoms with Gasteiger partial charge >= 0.3 is 6.01 Å². The second-order valence-corrected chi connectivity index (χ2v) is 4.83. The Bertz CT molecular complexity index is 742. The van der Waals surface area contributed by atoms with Crippen molar-refractivity contribution in [3.05, 3.63) is 60.7 Å². The third-order valence-electron chi connectivity index (χ3n) is 3.23. The maximum absolute atomic E-state index is 5.48. The molecule has 0 radical (unpaired) electrons. The Morgan fingerprint density at radius 2 is 1.50 bits per heavy atom. The van der Waals surface area contributed by atoms with Gasteiger partial charge in [0.25, 0.3) is 0 Å². The van der Waals surface area contributed by atoms with E-state index >= 15 is 0 Å². The summed E-state index contributed by atoms with van der Waals surface area (Å²) in [5.41, 5.74) is 4.29. The van der Waals surface area contributed by atoms with Crippen LogP contribution in [0.15, 0.2) is 60.7 Å². The van der Waals surface area contributed by atoms with Gasteiger partial charge in [0.2, 0.25) is 11.9 Å². The van der Waals surface area contributed by atoms with Crippen LogP contribution in [0.25, 0.3) is 0 Å². The monoisotopic (exact) mass is 322 g/mol. The van der Waals surface area contributed by atoms with Gasteiger partial charge < -0.3 is 4.74 Å². The average molecular weight is 322 g/mol. The number of nitrogen functional groups attached to an aromatic ring is 1. The molecule has 122 valence electrons. The third kappa shape index (κ3) is 3.41. The predicted octanol–water partition coefficient (Wildman–Crippen LogP) is 3.03. The fourth-order valence-corrected chi connectivity index (χ4v) is 2.24. The van der Waals surface area contributed by atoms with Gasteiger partial charge in [0.05, 0.1) is 6.61 Å². The molecule has 0 saturated heterocycles.